The van der Waals surface area contributed by atoms with Crippen molar-refractivity contribution in [2.24, 2.45) is 4.99 Å². The van der Waals surface area contributed by atoms with Crippen molar-refractivity contribution >= 4 is 52.1 Å². The second-order valence-electron chi connectivity index (χ2n) is 7.31. The zero-order valence-electron chi connectivity index (χ0n) is 16.3. The summed E-state index contributed by atoms with van der Waals surface area (Å²) in [5, 5.41) is 6.92. The van der Waals surface area contributed by atoms with E-state index in [2.05, 4.69) is 44.8 Å². The lowest BCUT2D eigenvalue weighted by atomic mass is 10.1. The fourth-order valence-electron chi connectivity index (χ4n) is 3.72. The van der Waals surface area contributed by atoms with E-state index in [1.54, 1.807) is 11.3 Å². The highest BCUT2D eigenvalue weighted by Crippen LogP contribution is 2.24. The third-order valence-electron chi connectivity index (χ3n) is 5.23. The molecule has 2 saturated heterocycles. The summed E-state index contributed by atoms with van der Waals surface area (Å²) < 4.78 is 0. The Bertz CT molecular complexity index is 736. The number of likely N-dealkylation sites (tertiary alicyclic amines) is 1. The highest BCUT2D eigenvalue weighted by molar-refractivity contribution is 14.0. The van der Waals surface area contributed by atoms with Crippen molar-refractivity contribution in [3.63, 3.8) is 0 Å². The molecule has 3 heterocycles. The predicted molar refractivity (Wildman–Crippen MR) is 130 cm³/mol. The molecule has 1 aromatic carbocycles. The van der Waals surface area contributed by atoms with E-state index < -0.39 is 0 Å². The van der Waals surface area contributed by atoms with Crippen molar-refractivity contribution in [3.8, 4) is 0 Å². The molecule has 152 valence electrons. The maximum absolute atomic E-state index is 4.93. The van der Waals surface area contributed by atoms with Crippen molar-refractivity contribution in [2.75, 3.05) is 42.9 Å². The van der Waals surface area contributed by atoms with E-state index in [1.165, 1.54) is 42.9 Å². The van der Waals surface area contributed by atoms with Crippen molar-refractivity contribution in [1.82, 2.24) is 9.88 Å². The van der Waals surface area contributed by atoms with E-state index in [4.69, 9.17) is 9.98 Å². The van der Waals surface area contributed by atoms with E-state index in [9.17, 15) is 0 Å². The predicted octanol–water partition coefficient (Wildman–Crippen LogP) is 4.86. The maximum atomic E-state index is 4.93. The lowest BCUT2D eigenvalue weighted by Crippen LogP contribution is -2.40. The summed E-state index contributed by atoms with van der Waals surface area (Å²) in [6.07, 6.45) is 7.32. The first-order valence-electron chi connectivity index (χ1n) is 10.2. The maximum Gasteiger partial charge on any atom is 0.198 e. The zero-order valence-corrected chi connectivity index (χ0v) is 19.5. The third-order valence-corrected chi connectivity index (χ3v) is 6.18. The van der Waals surface area contributed by atoms with E-state index in [1.807, 2.05) is 6.07 Å². The quantitative estimate of drug-likeness (QED) is 0.354. The smallest absolute Gasteiger partial charge is 0.198 e. The van der Waals surface area contributed by atoms with Crippen LogP contribution in [0.3, 0.4) is 0 Å². The Morgan fingerprint density at radius 2 is 1.71 bits per heavy atom. The van der Waals surface area contributed by atoms with Gasteiger partial charge in [-0.25, -0.2) is 4.98 Å². The van der Waals surface area contributed by atoms with Gasteiger partial charge in [0.15, 0.2) is 11.1 Å². The van der Waals surface area contributed by atoms with Gasteiger partial charge in [0, 0.05) is 50.2 Å². The second kappa shape index (κ2) is 11.0. The number of hydrogen-bond donors (Lipinski definition) is 1. The fourth-order valence-corrected chi connectivity index (χ4v) is 4.63. The van der Waals surface area contributed by atoms with Crippen LogP contribution in [0.15, 0.2) is 40.7 Å². The monoisotopic (exact) mass is 511 g/mol. The summed E-state index contributed by atoms with van der Waals surface area (Å²) in [5.41, 5.74) is 2.27. The molecule has 0 radical (unpaired) electrons. The molecule has 7 heteroatoms. The Morgan fingerprint density at radius 1 is 1.00 bits per heavy atom. The molecule has 1 N–H and O–H groups in total. The Balaban J connectivity index is 0.00000225. The first-order chi connectivity index (χ1) is 13.4. The first-order valence-corrected chi connectivity index (χ1v) is 11.1. The summed E-state index contributed by atoms with van der Waals surface area (Å²) in [7, 11) is 0. The van der Waals surface area contributed by atoms with Gasteiger partial charge in [0.05, 0.1) is 5.69 Å². The van der Waals surface area contributed by atoms with Crippen LogP contribution in [0.2, 0.25) is 0 Å². The number of nitrogens with zero attached hydrogens (tertiary/aromatic N) is 4. The molecule has 0 amide bonds. The molecule has 1 aromatic heterocycles. The Kier molecular flexibility index (Phi) is 8.39. The minimum Gasteiger partial charge on any atom is -0.348 e. The molecular weight excluding hydrogens is 481 g/mol. The van der Waals surface area contributed by atoms with Gasteiger partial charge in [-0.15, -0.1) is 35.3 Å². The summed E-state index contributed by atoms with van der Waals surface area (Å²) in [4.78, 5) is 14.6. The largest absolute Gasteiger partial charge is 0.348 e. The van der Waals surface area contributed by atoms with E-state index in [0.29, 0.717) is 0 Å². The van der Waals surface area contributed by atoms with Crippen molar-refractivity contribution < 1.29 is 0 Å². The molecule has 0 unspecified atom stereocenters. The van der Waals surface area contributed by atoms with E-state index >= 15 is 0 Å². The number of aromatic nitrogens is 1. The number of aliphatic imine (C=N–C) groups is 1. The minimum atomic E-state index is 0. The van der Waals surface area contributed by atoms with Crippen LogP contribution in [0.25, 0.3) is 0 Å². The molecule has 28 heavy (non-hydrogen) atoms. The number of para-hydroxylation sites is 1. The van der Waals surface area contributed by atoms with Crippen molar-refractivity contribution in [2.45, 2.75) is 38.5 Å². The number of nitrogens with one attached hydrogen (secondary N) is 1. The Hall–Kier alpha value is -1.35. The lowest BCUT2D eigenvalue weighted by Gasteiger charge is -2.30. The summed E-state index contributed by atoms with van der Waals surface area (Å²) in [6, 6.07) is 10.4. The molecule has 2 aliphatic heterocycles. The average Bonchev–Trinajstić information content (AvgIpc) is 3.41. The van der Waals surface area contributed by atoms with Gasteiger partial charge in [-0.2, -0.15) is 0 Å². The van der Waals surface area contributed by atoms with Gasteiger partial charge in [-0.3, -0.25) is 4.99 Å². The molecule has 0 saturated carbocycles. The molecule has 0 aliphatic carbocycles. The van der Waals surface area contributed by atoms with Crippen LogP contribution >= 0.6 is 35.3 Å². The van der Waals surface area contributed by atoms with Gasteiger partial charge in [0.2, 0.25) is 0 Å². The van der Waals surface area contributed by atoms with Crippen LogP contribution < -0.4 is 10.2 Å². The molecule has 0 bridgehead atoms. The zero-order chi connectivity index (χ0) is 18.3. The first kappa shape index (κ1) is 21.4. The van der Waals surface area contributed by atoms with Crippen LogP contribution in [0.4, 0.5) is 10.8 Å². The molecule has 2 aliphatic rings. The Labute approximate surface area is 189 Å². The number of guanidine groups is 1. The Morgan fingerprint density at radius 3 is 2.46 bits per heavy atom. The van der Waals surface area contributed by atoms with Crippen LogP contribution in [0.1, 0.15) is 37.8 Å². The number of anilines is 2. The number of hydrogen-bond acceptors (Lipinski definition) is 4. The molecule has 4 rings (SSSR count). The average molecular weight is 511 g/mol. The van der Waals surface area contributed by atoms with Crippen LogP contribution in [0, 0.1) is 0 Å². The second-order valence-corrected chi connectivity index (χ2v) is 8.15. The van der Waals surface area contributed by atoms with Gasteiger partial charge in [-0.05, 0) is 44.2 Å². The number of benzene rings is 1. The molecule has 0 atom stereocenters. The molecular formula is C21H30IN5S. The number of rotatable bonds is 5. The SMILES string of the molecule is I.c1ccc(NC(=NCCc2csc(N3CCCC3)n2)N2CCCCC2)cc1. The molecule has 0 spiro atoms. The number of thiazole rings is 1. The summed E-state index contributed by atoms with van der Waals surface area (Å²) in [5.74, 6) is 1.01. The topological polar surface area (TPSA) is 43.8 Å². The van der Waals surface area contributed by atoms with Gasteiger partial charge >= 0.3 is 0 Å². The van der Waals surface area contributed by atoms with Crippen LogP contribution in [-0.2, 0) is 6.42 Å². The summed E-state index contributed by atoms with van der Waals surface area (Å²) >= 11 is 1.78. The minimum absolute atomic E-state index is 0. The third kappa shape index (κ3) is 5.83. The normalized spacial score (nSPS) is 17.5. The van der Waals surface area contributed by atoms with Crippen molar-refractivity contribution in [3.05, 3.63) is 41.4 Å². The lowest BCUT2D eigenvalue weighted by molar-refractivity contribution is 0.340. The standard InChI is InChI=1S/C21H29N5S.HI/c1-3-9-18(10-4-1)23-20(25-13-5-2-6-14-25)22-12-11-19-17-27-21(24-19)26-15-7-8-16-26;/h1,3-4,9-10,17H,2,5-8,11-16H2,(H,22,23);1H. The highest BCUT2D eigenvalue weighted by Gasteiger charge is 2.17. The number of halogens is 1. The van der Waals surface area contributed by atoms with Gasteiger partial charge < -0.3 is 15.1 Å². The number of piperidine rings is 1. The van der Waals surface area contributed by atoms with Crippen LogP contribution in [0.5, 0.6) is 0 Å². The van der Waals surface area contributed by atoms with E-state index in [-0.39, 0.29) is 24.0 Å². The van der Waals surface area contributed by atoms with Gasteiger partial charge in [0.25, 0.3) is 0 Å². The molecule has 5 nitrogen and oxygen atoms in total. The molecule has 2 fully saturated rings. The highest BCUT2D eigenvalue weighted by atomic mass is 127. The fraction of sp³-hybridized carbons (Fsp3) is 0.524. The van der Waals surface area contributed by atoms with E-state index in [0.717, 1.165) is 50.8 Å². The summed E-state index contributed by atoms with van der Waals surface area (Å²) in [6.45, 7) is 5.27. The van der Waals surface area contributed by atoms with Crippen LogP contribution in [-0.4, -0.2) is 48.6 Å². The van der Waals surface area contributed by atoms with Gasteiger partial charge in [0.1, 0.15) is 0 Å². The van der Waals surface area contributed by atoms with Crippen molar-refractivity contribution in [1.29, 1.82) is 0 Å². The van der Waals surface area contributed by atoms with Gasteiger partial charge in [-0.1, -0.05) is 18.2 Å². The molecule has 2 aromatic rings.